The third kappa shape index (κ3) is 2.43. The van der Waals surface area contributed by atoms with Crippen molar-refractivity contribution in [3.05, 3.63) is 29.6 Å². The van der Waals surface area contributed by atoms with Crippen molar-refractivity contribution >= 4 is 5.97 Å². The molecule has 1 aliphatic heterocycles. The summed E-state index contributed by atoms with van der Waals surface area (Å²) in [4.78, 5) is 11.0. The number of rotatable bonds is 3. The molecule has 1 aromatic carbocycles. The average Bonchev–Trinajstić information content (AvgIpc) is 2.77. The Bertz CT molecular complexity index is 524. The molecular weight excluding hydrogens is 282 g/mol. The first-order chi connectivity index (χ1) is 9.27. The van der Waals surface area contributed by atoms with Crippen LogP contribution >= 0.6 is 0 Å². The number of alkyl halides is 3. The molecule has 2 rings (SSSR count). The highest BCUT2D eigenvalue weighted by molar-refractivity contribution is 5.91. The van der Waals surface area contributed by atoms with Gasteiger partial charge in [0, 0.05) is 13.0 Å². The number of hydrogen-bond acceptors (Lipinski definition) is 3. The van der Waals surface area contributed by atoms with Gasteiger partial charge in [-0.1, -0.05) is 6.07 Å². The second-order valence-electron chi connectivity index (χ2n) is 4.44. The second-order valence-corrected chi connectivity index (χ2v) is 4.44. The van der Waals surface area contributed by atoms with Crippen LogP contribution in [0.25, 0.3) is 0 Å². The van der Waals surface area contributed by atoms with Crippen LogP contribution in [-0.4, -0.2) is 35.9 Å². The minimum Gasteiger partial charge on any atom is -0.477 e. The number of carboxylic acids is 1. The molecule has 0 radical (unpaired) electrons. The van der Waals surface area contributed by atoms with E-state index >= 15 is 0 Å². The standard InChI is InChI=1S/C12H11F4NO3/c13-7-2-1-3-8(9(7)10(18)19)20-11(12(14,15)16)4-5-17-6-11/h1-3,17H,4-6H2,(H,18,19). The number of benzene rings is 1. The highest BCUT2D eigenvalue weighted by Gasteiger charge is 2.59. The van der Waals surface area contributed by atoms with Gasteiger partial charge in [-0.05, 0) is 18.7 Å². The summed E-state index contributed by atoms with van der Waals surface area (Å²) in [5.74, 6) is -3.45. The van der Waals surface area contributed by atoms with E-state index < -0.39 is 41.4 Å². The maximum absolute atomic E-state index is 13.4. The SMILES string of the molecule is O=C(O)c1c(F)cccc1OC1(C(F)(F)F)CCNC1. The summed E-state index contributed by atoms with van der Waals surface area (Å²) in [5.41, 5.74) is -3.44. The van der Waals surface area contributed by atoms with Gasteiger partial charge in [-0.25, -0.2) is 9.18 Å². The number of ether oxygens (including phenoxy) is 1. The zero-order chi connectivity index (χ0) is 15.0. The number of halogens is 4. The number of nitrogens with one attached hydrogen (secondary N) is 1. The molecule has 8 heteroatoms. The van der Waals surface area contributed by atoms with Crippen LogP contribution in [0, 0.1) is 5.82 Å². The van der Waals surface area contributed by atoms with E-state index in [1.54, 1.807) is 0 Å². The van der Waals surface area contributed by atoms with Crippen molar-refractivity contribution < 1.29 is 32.2 Å². The van der Waals surface area contributed by atoms with Crippen molar-refractivity contribution in [3.63, 3.8) is 0 Å². The van der Waals surface area contributed by atoms with Crippen molar-refractivity contribution in [2.24, 2.45) is 0 Å². The van der Waals surface area contributed by atoms with Crippen LogP contribution < -0.4 is 10.1 Å². The van der Waals surface area contributed by atoms with Gasteiger partial charge < -0.3 is 15.2 Å². The largest absolute Gasteiger partial charge is 0.477 e. The first kappa shape index (κ1) is 14.6. The highest BCUT2D eigenvalue weighted by atomic mass is 19.4. The Morgan fingerprint density at radius 3 is 2.60 bits per heavy atom. The zero-order valence-corrected chi connectivity index (χ0v) is 10.1. The molecule has 0 aromatic heterocycles. The predicted molar refractivity (Wildman–Crippen MR) is 60.3 cm³/mol. The Morgan fingerprint density at radius 1 is 1.40 bits per heavy atom. The van der Waals surface area contributed by atoms with Gasteiger partial charge in [0.05, 0.1) is 0 Å². The van der Waals surface area contributed by atoms with Gasteiger partial charge in [-0.15, -0.1) is 0 Å². The van der Waals surface area contributed by atoms with E-state index in [0.29, 0.717) is 0 Å². The molecule has 0 spiro atoms. The summed E-state index contributed by atoms with van der Waals surface area (Å²) < 4.78 is 57.7. The smallest absolute Gasteiger partial charge is 0.429 e. The van der Waals surface area contributed by atoms with E-state index in [1.165, 1.54) is 0 Å². The molecule has 1 unspecified atom stereocenters. The zero-order valence-electron chi connectivity index (χ0n) is 10.1. The Kier molecular flexibility index (Phi) is 3.59. The topological polar surface area (TPSA) is 58.6 Å². The lowest BCUT2D eigenvalue weighted by Gasteiger charge is -2.32. The first-order valence-corrected chi connectivity index (χ1v) is 5.75. The van der Waals surface area contributed by atoms with Crippen LogP contribution in [-0.2, 0) is 0 Å². The molecular formula is C12H11F4NO3. The van der Waals surface area contributed by atoms with Gasteiger partial charge in [0.15, 0.2) is 0 Å². The fraction of sp³-hybridized carbons (Fsp3) is 0.417. The number of carbonyl (C=O) groups is 1. The molecule has 110 valence electrons. The molecule has 1 heterocycles. The lowest BCUT2D eigenvalue weighted by molar-refractivity contribution is -0.240. The van der Waals surface area contributed by atoms with E-state index in [2.05, 4.69) is 5.32 Å². The van der Waals surface area contributed by atoms with Gasteiger partial charge in [0.2, 0.25) is 5.60 Å². The maximum atomic E-state index is 13.4. The Morgan fingerprint density at radius 2 is 2.10 bits per heavy atom. The molecule has 0 bridgehead atoms. The number of aromatic carboxylic acids is 1. The van der Waals surface area contributed by atoms with Crippen LogP contribution in [0.15, 0.2) is 18.2 Å². The Labute approximate surface area is 111 Å². The monoisotopic (exact) mass is 293 g/mol. The molecule has 1 aliphatic rings. The van der Waals surface area contributed by atoms with Gasteiger partial charge in [-0.3, -0.25) is 0 Å². The Hall–Kier alpha value is -1.83. The van der Waals surface area contributed by atoms with Crippen molar-refractivity contribution in [2.45, 2.75) is 18.2 Å². The first-order valence-electron chi connectivity index (χ1n) is 5.75. The third-order valence-corrected chi connectivity index (χ3v) is 3.13. The molecule has 2 N–H and O–H groups in total. The summed E-state index contributed by atoms with van der Waals surface area (Å²) in [5, 5.41) is 11.4. The normalized spacial score (nSPS) is 22.8. The lowest BCUT2D eigenvalue weighted by Crippen LogP contribution is -2.52. The number of hydrogen-bond donors (Lipinski definition) is 2. The summed E-state index contributed by atoms with van der Waals surface area (Å²) in [6.45, 7) is -0.427. The fourth-order valence-corrected chi connectivity index (χ4v) is 2.06. The van der Waals surface area contributed by atoms with Crippen molar-refractivity contribution in [1.82, 2.24) is 5.32 Å². The molecule has 0 aliphatic carbocycles. The van der Waals surface area contributed by atoms with Gasteiger partial charge in [-0.2, -0.15) is 13.2 Å². The third-order valence-electron chi connectivity index (χ3n) is 3.13. The van der Waals surface area contributed by atoms with E-state index in [0.717, 1.165) is 18.2 Å². The van der Waals surface area contributed by atoms with Crippen molar-refractivity contribution in [3.8, 4) is 5.75 Å². The summed E-state index contributed by atoms with van der Waals surface area (Å²) in [6.07, 6.45) is -5.06. The minimum atomic E-state index is -4.70. The molecule has 1 atom stereocenters. The van der Waals surface area contributed by atoms with Crippen LogP contribution in [0.3, 0.4) is 0 Å². The van der Waals surface area contributed by atoms with E-state index in [4.69, 9.17) is 9.84 Å². The summed E-state index contributed by atoms with van der Waals surface area (Å²) in [6, 6.07) is 2.96. The average molecular weight is 293 g/mol. The fourth-order valence-electron chi connectivity index (χ4n) is 2.06. The highest BCUT2D eigenvalue weighted by Crippen LogP contribution is 2.40. The molecule has 1 fully saturated rings. The molecule has 0 saturated carbocycles. The quantitative estimate of drug-likeness (QED) is 0.839. The van der Waals surface area contributed by atoms with Crippen molar-refractivity contribution in [2.75, 3.05) is 13.1 Å². The summed E-state index contributed by atoms with van der Waals surface area (Å²) in [7, 11) is 0. The van der Waals surface area contributed by atoms with Crippen molar-refractivity contribution in [1.29, 1.82) is 0 Å². The Balaban J connectivity index is 2.43. The van der Waals surface area contributed by atoms with E-state index in [1.807, 2.05) is 0 Å². The maximum Gasteiger partial charge on any atom is 0.429 e. The van der Waals surface area contributed by atoms with E-state index in [-0.39, 0.29) is 13.0 Å². The second kappa shape index (κ2) is 4.93. The lowest BCUT2D eigenvalue weighted by atomic mass is 10.0. The van der Waals surface area contributed by atoms with Crippen LogP contribution in [0.5, 0.6) is 5.75 Å². The molecule has 1 aromatic rings. The van der Waals surface area contributed by atoms with E-state index in [9.17, 15) is 22.4 Å². The minimum absolute atomic E-state index is 0.0806. The van der Waals surface area contributed by atoms with Crippen LogP contribution in [0.2, 0.25) is 0 Å². The van der Waals surface area contributed by atoms with Gasteiger partial charge in [0.25, 0.3) is 0 Å². The molecule has 4 nitrogen and oxygen atoms in total. The van der Waals surface area contributed by atoms with Crippen LogP contribution in [0.4, 0.5) is 17.6 Å². The molecule has 1 saturated heterocycles. The number of carboxylic acid groups (broad SMARTS) is 1. The summed E-state index contributed by atoms with van der Waals surface area (Å²) >= 11 is 0. The molecule has 20 heavy (non-hydrogen) atoms. The van der Waals surface area contributed by atoms with Gasteiger partial charge in [0.1, 0.15) is 17.1 Å². The molecule has 0 amide bonds. The predicted octanol–water partition coefficient (Wildman–Crippen LogP) is 2.20. The van der Waals surface area contributed by atoms with Crippen LogP contribution in [0.1, 0.15) is 16.8 Å². The van der Waals surface area contributed by atoms with Gasteiger partial charge >= 0.3 is 12.1 Å².